The van der Waals surface area contributed by atoms with Gasteiger partial charge < -0.3 is 9.80 Å². The number of piperazine rings is 1. The Morgan fingerprint density at radius 3 is 2.82 bits per heavy atom. The SMILES string of the molecule is CCCC1CN(C)CCN1c1cccc(C)c1. The molecule has 0 N–H and O–H groups in total. The molecule has 17 heavy (non-hydrogen) atoms. The second-order valence-corrected chi connectivity index (χ2v) is 5.24. The van der Waals surface area contributed by atoms with Gasteiger partial charge >= 0.3 is 0 Å². The van der Waals surface area contributed by atoms with Crippen LogP contribution < -0.4 is 4.90 Å². The average Bonchev–Trinajstić information content (AvgIpc) is 2.29. The molecule has 1 aromatic carbocycles. The van der Waals surface area contributed by atoms with Gasteiger partial charge in [-0.3, -0.25) is 0 Å². The molecule has 2 rings (SSSR count). The topological polar surface area (TPSA) is 6.48 Å². The number of nitrogens with zero attached hydrogens (tertiary/aromatic N) is 2. The van der Waals surface area contributed by atoms with Crippen LogP contribution in [0, 0.1) is 6.92 Å². The Bertz CT molecular complexity index is 362. The van der Waals surface area contributed by atoms with Gasteiger partial charge in [-0.1, -0.05) is 25.5 Å². The molecule has 1 atom stereocenters. The third-order valence-corrected chi connectivity index (χ3v) is 3.64. The Morgan fingerprint density at radius 1 is 1.29 bits per heavy atom. The summed E-state index contributed by atoms with van der Waals surface area (Å²) in [6, 6.07) is 9.59. The highest BCUT2D eigenvalue weighted by molar-refractivity contribution is 5.50. The maximum atomic E-state index is 2.59. The van der Waals surface area contributed by atoms with Gasteiger partial charge in [0.1, 0.15) is 0 Å². The van der Waals surface area contributed by atoms with E-state index >= 15 is 0 Å². The Kier molecular flexibility index (Phi) is 4.06. The smallest absolute Gasteiger partial charge is 0.0417 e. The van der Waals surface area contributed by atoms with Crippen LogP contribution in [0.5, 0.6) is 0 Å². The molecule has 0 saturated carbocycles. The van der Waals surface area contributed by atoms with E-state index in [1.165, 1.54) is 37.2 Å². The first-order chi connectivity index (χ1) is 8.20. The predicted octanol–water partition coefficient (Wildman–Crippen LogP) is 2.92. The molecule has 0 aliphatic carbocycles. The summed E-state index contributed by atoms with van der Waals surface area (Å²) >= 11 is 0. The van der Waals surface area contributed by atoms with Crippen LogP contribution in [0.1, 0.15) is 25.3 Å². The fourth-order valence-corrected chi connectivity index (χ4v) is 2.74. The van der Waals surface area contributed by atoms with Crippen molar-refractivity contribution in [1.82, 2.24) is 4.90 Å². The van der Waals surface area contributed by atoms with Crippen LogP contribution in [0.15, 0.2) is 24.3 Å². The average molecular weight is 232 g/mol. The van der Waals surface area contributed by atoms with Gasteiger partial charge in [0.2, 0.25) is 0 Å². The van der Waals surface area contributed by atoms with Crippen molar-refractivity contribution < 1.29 is 0 Å². The largest absolute Gasteiger partial charge is 0.366 e. The first-order valence-electron chi connectivity index (χ1n) is 6.72. The monoisotopic (exact) mass is 232 g/mol. The number of benzene rings is 1. The predicted molar refractivity (Wildman–Crippen MR) is 74.7 cm³/mol. The molecule has 2 nitrogen and oxygen atoms in total. The van der Waals surface area contributed by atoms with Crippen LogP contribution in [0.25, 0.3) is 0 Å². The third kappa shape index (κ3) is 3.01. The molecule has 2 heteroatoms. The van der Waals surface area contributed by atoms with Crippen LogP contribution in [0.2, 0.25) is 0 Å². The Morgan fingerprint density at radius 2 is 2.12 bits per heavy atom. The fourth-order valence-electron chi connectivity index (χ4n) is 2.74. The lowest BCUT2D eigenvalue weighted by molar-refractivity contribution is 0.259. The summed E-state index contributed by atoms with van der Waals surface area (Å²) in [6.45, 7) is 7.98. The molecule has 0 aromatic heterocycles. The fraction of sp³-hybridized carbons (Fsp3) is 0.600. The summed E-state index contributed by atoms with van der Waals surface area (Å²) < 4.78 is 0. The highest BCUT2D eigenvalue weighted by Crippen LogP contribution is 2.23. The van der Waals surface area contributed by atoms with E-state index in [0.29, 0.717) is 6.04 Å². The van der Waals surface area contributed by atoms with Crippen molar-refractivity contribution in [2.24, 2.45) is 0 Å². The van der Waals surface area contributed by atoms with Crippen molar-refractivity contribution in [2.45, 2.75) is 32.7 Å². The van der Waals surface area contributed by atoms with Crippen LogP contribution in [-0.4, -0.2) is 37.6 Å². The van der Waals surface area contributed by atoms with Gasteiger partial charge in [-0.05, 0) is 38.1 Å². The van der Waals surface area contributed by atoms with E-state index in [1.807, 2.05) is 0 Å². The van der Waals surface area contributed by atoms with Crippen molar-refractivity contribution >= 4 is 5.69 Å². The zero-order valence-corrected chi connectivity index (χ0v) is 11.3. The normalized spacial score (nSPS) is 21.8. The van der Waals surface area contributed by atoms with Crippen LogP contribution >= 0.6 is 0 Å². The van der Waals surface area contributed by atoms with Gasteiger partial charge in [-0.15, -0.1) is 0 Å². The van der Waals surface area contributed by atoms with Gasteiger partial charge in [0, 0.05) is 31.4 Å². The Hall–Kier alpha value is -1.02. The molecule has 1 unspecified atom stereocenters. The van der Waals surface area contributed by atoms with E-state index in [4.69, 9.17) is 0 Å². The lowest BCUT2D eigenvalue weighted by atomic mass is 10.1. The van der Waals surface area contributed by atoms with Crippen LogP contribution in [0.3, 0.4) is 0 Å². The number of hydrogen-bond donors (Lipinski definition) is 0. The van der Waals surface area contributed by atoms with Crippen LogP contribution in [-0.2, 0) is 0 Å². The summed E-state index contributed by atoms with van der Waals surface area (Å²) in [4.78, 5) is 5.04. The number of likely N-dealkylation sites (N-methyl/N-ethyl adjacent to an activating group) is 1. The molecule has 1 aliphatic rings. The van der Waals surface area contributed by atoms with Crippen molar-refractivity contribution in [1.29, 1.82) is 0 Å². The number of anilines is 1. The second-order valence-electron chi connectivity index (χ2n) is 5.24. The Labute approximate surface area is 105 Å². The number of aryl methyl sites for hydroxylation is 1. The summed E-state index contributed by atoms with van der Waals surface area (Å²) in [7, 11) is 2.23. The first kappa shape index (κ1) is 12.4. The quantitative estimate of drug-likeness (QED) is 0.790. The van der Waals surface area contributed by atoms with E-state index in [1.54, 1.807) is 0 Å². The van der Waals surface area contributed by atoms with Crippen molar-refractivity contribution in [2.75, 3.05) is 31.6 Å². The van der Waals surface area contributed by atoms with Crippen molar-refractivity contribution in [3.8, 4) is 0 Å². The van der Waals surface area contributed by atoms with Crippen molar-refractivity contribution in [3.63, 3.8) is 0 Å². The molecule has 1 saturated heterocycles. The number of hydrogen-bond acceptors (Lipinski definition) is 2. The maximum Gasteiger partial charge on any atom is 0.0417 e. The highest BCUT2D eigenvalue weighted by Gasteiger charge is 2.24. The van der Waals surface area contributed by atoms with E-state index in [9.17, 15) is 0 Å². The summed E-state index contributed by atoms with van der Waals surface area (Å²) in [5, 5.41) is 0. The first-order valence-corrected chi connectivity index (χ1v) is 6.72. The minimum absolute atomic E-state index is 0.681. The van der Waals surface area contributed by atoms with E-state index in [2.05, 4.69) is 55.0 Å². The summed E-state index contributed by atoms with van der Waals surface area (Å²) in [5.74, 6) is 0. The third-order valence-electron chi connectivity index (χ3n) is 3.64. The van der Waals surface area contributed by atoms with E-state index in [-0.39, 0.29) is 0 Å². The number of rotatable bonds is 3. The molecule has 94 valence electrons. The minimum Gasteiger partial charge on any atom is -0.366 e. The standard InChI is InChI=1S/C15H24N2/c1-4-6-15-12-16(3)9-10-17(15)14-8-5-7-13(2)11-14/h5,7-8,11,15H,4,6,9-10,12H2,1-3H3. The van der Waals surface area contributed by atoms with E-state index in [0.717, 1.165) is 6.54 Å². The van der Waals surface area contributed by atoms with Crippen molar-refractivity contribution in [3.05, 3.63) is 29.8 Å². The molecule has 1 aromatic rings. The maximum absolute atomic E-state index is 2.59. The van der Waals surface area contributed by atoms with Gasteiger partial charge in [0.15, 0.2) is 0 Å². The minimum atomic E-state index is 0.681. The molecular weight excluding hydrogens is 208 g/mol. The summed E-state index contributed by atoms with van der Waals surface area (Å²) in [5.41, 5.74) is 2.76. The molecular formula is C15H24N2. The van der Waals surface area contributed by atoms with Gasteiger partial charge in [-0.2, -0.15) is 0 Å². The molecule has 1 aliphatic heterocycles. The Balaban J connectivity index is 2.17. The zero-order chi connectivity index (χ0) is 12.3. The molecule has 1 fully saturated rings. The lowest BCUT2D eigenvalue weighted by Crippen LogP contribution is -2.51. The highest BCUT2D eigenvalue weighted by atomic mass is 15.3. The molecule has 1 heterocycles. The van der Waals surface area contributed by atoms with Gasteiger partial charge in [-0.25, -0.2) is 0 Å². The van der Waals surface area contributed by atoms with Gasteiger partial charge in [0.25, 0.3) is 0 Å². The van der Waals surface area contributed by atoms with Crippen LogP contribution in [0.4, 0.5) is 5.69 Å². The molecule has 0 amide bonds. The van der Waals surface area contributed by atoms with E-state index < -0.39 is 0 Å². The zero-order valence-electron chi connectivity index (χ0n) is 11.3. The van der Waals surface area contributed by atoms with Gasteiger partial charge in [0.05, 0.1) is 0 Å². The summed E-state index contributed by atoms with van der Waals surface area (Å²) in [6.07, 6.45) is 2.55. The molecule has 0 bridgehead atoms. The second kappa shape index (κ2) is 5.54. The lowest BCUT2D eigenvalue weighted by Gasteiger charge is -2.41. The molecule has 0 radical (unpaired) electrons. The molecule has 0 spiro atoms.